The maximum absolute atomic E-state index is 13.5. The van der Waals surface area contributed by atoms with Crippen molar-refractivity contribution in [2.24, 2.45) is 0 Å². The van der Waals surface area contributed by atoms with Gasteiger partial charge in [-0.05, 0) is 50.7 Å². The molecule has 3 saturated carbocycles. The third kappa shape index (κ3) is 4.50. The second-order valence-corrected chi connectivity index (χ2v) is 9.29. The van der Waals surface area contributed by atoms with Crippen LogP contribution >= 0.6 is 11.6 Å². The van der Waals surface area contributed by atoms with E-state index >= 15 is 0 Å². The monoisotopic (exact) mass is 454 g/mol. The Morgan fingerprint density at radius 3 is 2.68 bits per heavy atom. The summed E-state index contributed by atoms with van der Waals surface area (Å²) in [7, 11) is 1.85. The lowest BCUT2D eigenvalue weighted by molar-refractivity contribution is -0.138. The first-order chi connectivity index (χ1) is 14.7. The lowest BCUT2D eigenvalue weighted by atomic mass is 9.59. The van der Waals surface area contributed by atoms with Crippen molar-refractivity contribution in [3.8, 4) is 5.75 Å². The summed E-state index contributed by atoms with van der Waals surface area (Å²) in [5.41, 5.74) is 1.96. The van der Waals surface area contributed by atoms with E-state index in [-0.39, 0.29) is 35.2 Å². The summed E-state index contributed by atoms with van der Waals surface area (Å²) in [6.45, 7) is 0.475. The number of halogens is 2. The number of aliphatic hydroxyl groups excluding tert-OH is 1. The summed E-state index contributed by atoms with van der Waals surface area (Å²) in [5.74, 6) is -0.824. The van der Waals surface area contributed by atoms with Crippen molar-refractivity contribution in [1.82, 2.24) is 21.1 Å². The molecule has 2 unspecified atom stereocenters. The van der Waals surface area contributed by atoms with E-state index in [2.05, 4.69) is 16.1 Å². The largest absolute Gasteiger partial charge is 0.484 e. The summed E-state index contributed by atoms with van der Waals surface area (Å²) in [5, 5.41) is 18.8. The highest BCUT2D eigenvalue weighted by atomic mass is 35.5. The second-order valence-electron chi connectivity index (χ2n) is 8.88. The van der Waals surface area contributed by atoms with E-state index in [9.17, 15) is 19.1 Å². The topological polar surface area (TPSA) is 103 Å². The van der Waals surface area contributed by atoms with Gasteiger partial charge in [0.2, 0.25) is 5.91 Å². The highest BCUT2D eigenvalue weighted by Crippen LogP contribution is 2.47. The molecule has 4 aliphatic rings. The van der Waals surface area contributed by atoms with Gasteiger partial charge < -0.3 is 20.5 Å². The Balaban J connectivity index is 1.32. The van der Waals surface area contributed by atoms with Gasteiger partial charge in [0.15, 0.2) is 6.61 Å². The summed E-state index contributed by atoms with van der Waals surface area (Å²) in [4.78, 5) is 25.2. The lowest BCUT2D eigenvalue weighted by Gasteiger charge is -2.56. The molecule has 0 spiro atoms. The van der Waals surface area contributed by atoms with Gasteiger partial charge in [-0.25, -0.2) is 9.40 Å². The third-order valence-corrected chi connectivity index (χ3v) is 7.21. The zero-order valence-electron chi connectivity index (χ0n) is 17.4. The molecule has 4 fully saturated rings. The van der Waals surface area contributed by atoms with Crippen molar-refractivity contribution in [3.05, 3.63) is 29.0 Å². The predicted octanol–water partition coefficient (Wildman–Crippen LogP) is 1.12. The van der Waals surface area contributed by atoms with Gasteiger partial charge in [-0.3, -0.25) is 15.0 Å². The van der Waals surface area contributed by atoms with Gasteiger partial charge in [-0.1, -0.05) is 11.6 Å². The number of amides is 2. The summed E-state index contributed by atoms with van der Waals surface area (Å²) in [6, 6.07) is 3.76. The number of ether oxygens (including phenoxy) is 1. The molecule has 0 aromatic heterocycles. The van der Waals surface area contributed by atoms with E-state index < -0.39 is 23.0 Å². The zero-order chi connectivity index (χ0) is 22.2. The van der Waals surface area contributed by atoms with Gasteiger partial charge in [-0.2, -0.15) is 0 Å². The SMILES string of the molecule is CN1NCCC1C(=O)NC12CCC(NC(=O)COc3ccc(Cl)c(F)c3)(CC1)C(O)C2. The predicted molar refractivity (Wildman–Crippen MR) is 112 cm³/mol. The Kier molecular flexibility index (Phi) is 6.13. The van der Waals surface area contributed by atoms with Crippen LogP contribution in [0.4, 0.5) is 4.39 Å². The minimum Gasteiger partial charge on any atom is -0.484 e. The van der Waals surface area contributed by atoms with Crippen LogP contribution in [0.2, 0.25) is 5.02 Å². The molecule has 1 aromatic rings. The van der Waals surface area contributed by atoms with Gasteiger partial charge in [0, 0.05) is 25.2 Å². The molecule has 4 N–H and O–H groups in total. The number of fused-ring (bicyclic) bond motifs is 3. The number of aliphatic hydroxyl groups is 1. The van der Waals surface area contributed by atoms with Gasteiger partial charge in [0.05, 0.1) is 16.7 Å². The molecule has 2 amide bonds. The molecule has 1 aliphatic heterocycles. The van der Waals surface area contributed by atoms with E-state index in [0.717, 1.165) is 19.0 Å². The van der Waals surface area contributed by atoms with E-state index in [1.807, 2.05) is 12.1 Å². The van der Waals surface area contributed by atoms with Crippen molar-refractivity contribution in [1.29, 1.82) is 0 Å². The molecule has 170 valence electrons. The summed E-state index contributed by atoms with van der Waals surface area (Å²) >= 11 is 5.65. The van der Waals surface area contributed by atoms with E-state index in [1.54, 1.807) is 0 Å². The molecular weight excluding hydrogens is 427 g/mol. The molecule has 2 bridgehead atoms. The Bertz CT molecular complexity index is 862. The fourth-order valence-corrected chi connectivity index (χ4v) is 5.14. The highest BCUT2D eigenvalue weighted by molar-refractivity contribution is 6.30. The summed E-state index contributed by atoms with van der Waals surface area (Å²) in [6.07, 6.45) is 2.87. The van der Waals surface area contributed by atoms with Crippen LogP contribution in [-0.2, 0) is 9.59 Å². The lowest BCUT2D eigenvalue weighted by Crippen LogP contribution is -2.71. The van der Waals surface area contributed by atoms with Crippen molar-refractivity contribution >= 4 is 23.4 Å². The molecule has 3 aliphatic carbocycles. The quantitative estimate of drug-likeness (QED) is 0.513. The average molecular weight is 455 g/mol. The molecule has 1 saturated heterocycles. The number of benzene rings is 1. The Labute approximate surface area is 185 Å². The number of carbonyl (C=O) groups excluding carboxylic acids is 2. The van der Waals surface area contributed by atoms with Gasteiger partial charge in [0.1, 0.15) is 17.6 Å². The van der Waals surface area contributed by atoms with Crippen LogP contribution in [0.5, 0.6) is 5.75 Å². The number of nitrogens with one attached hydrogen (secondary N) is 3. The minimum atomic E-state index is -0.772. The van der Waals surface area contributed by atoms with Crippen molar-refractivity contribution in [2.75, 3.05) is 20.2 Å². The minimum absolute atomic E-state index is 0.0189. The Morgan fingerprint density at radius 1 is 1.32 bits per heavy atom. The van der Waals surface area contributed by atoms with Crippen LogP contribution in [0.1, 0.15) is 38.5 Å². The Hall–Kier alpha value is -1.94. The number of hydrogen-bond donors (Lipinski definition) is 4. The number of hydrogen-bond acceptors (Lipinski definition) is 6. The fourth-order valence-electron chi connectivity index (χ4n) is 5.02. The molecule has 10 heteroatoms. The van der Waals surface area contributed by atoms with Gasteiger partial charge in [-0.15, -0.1) is 0 Å². The first-order valence-electron chi connectivity index (χ1n) is 10.6. The van der Waals surface area contributed by atoms with Crippen LogP contribution in [0.3, 0.4) is 0 Å². The van der Waals surface area contributed by atoms with Crippen molar-refractivity contribution in [2.45, 2.75) is 61.7 Å². The van der Waals surface area contributed by atoms with E-state index in [1.165, 1.54) is 12.1 Å². The third-order valence-electron chi connectivity index (χ3n) is 6.91. The molecule has 31 heavy (non-hydrogen) atoms. The van der Waals surface area contributed by atoms with E-state index in [0.29, 0.717) is 32.1 Å². The molecule has 1 heterocycles. The van der Waals surface area contributed by atoms with Crippen LogP contribution in [0, 0.1) is 5.82 Å². The van der Waals surface area contributed by atoms with Crippen molar-refractivity contribution in [3.63, 3.8) is 0 Å². The zero-order valence-corrected chi connectivity index (χ0v) is 18.2. The molecule has 8 nitrogen and oxygen atoms in total. The first kappa shape index (κ1) is 22.3. The molecule has 1 aromatic carbocycles. The number of likely N-dealkylation sites (N-methyl/N-ethyl adjacent to an activating group) is 1. The molecular formula is C21H28ClFN4O4. The smallest absolute Gasteiger partial charge is 0.258 e. The number of nitrogens with zero attached hydrogens (tertiary/aromatic N) is 1. The molecule has 5 rings (SSSR count). The van der Waals surface area contributed by atoms with Crippen LogP contribution in [0.15, 0.2) is 18.2 Å². The summed E-state index contributed by atoms with van der Waals surface area (Å²) < 4.78 is 18.9. The first-order valence-corrected chi connectivity index (χ1v) is 11.0. The standard InChI is InChI=1S/C21H28ClFN4O4/c1-27-16(4-9-24-27)19(30)26-20-5-7-21(8-6-20,17(28)11-20)25-18(29)12-31-13-2-3-14(22)15(23)10-13/h2-3,10,16-17,24,28H,4-9,11-12H2,1H3,(H,25,29)(H,26,30). The van der Waals surface area contributed by atoms with Crippen LogP contribution in [-0.4, -0.2) is 65.4 Å². The van der Waals surface area contributed by atoms with Crippen molar-refractivity contribution < 1.29 is 23.8 Å². The molecule has 2 atom stereocenters. The normalized spacial score (nSPS) is 32.6. The molecule has 0 radical (unpaired) electrons. The Morgan fingerprint density at radius 2 is 2.06 bits per heavy atom. The van der Waals surface area contributed by atoms with Gasteiger partial charge in [0.25, 0.3) is 5.91 Å². The average Bonchev–Trinajstić information content (AvgIpc) is 3.16. The fraction of sp³-hybridized carbons (Fsp3) is 0.619. The number of rotatable bonds is 6. The highest BCUT2D eigenvalue weighted by Gasteiger charge is 2.55. The number of carbonyl (C=O) groups is 2. The number of hydrazine groups is 1. The van der Waals surface area contributed by atoms with Crippen LogP contribution < -0.4 is 20.8 Å². The maximum Gasteiger partial charge on any atom is 0.258 e. The second kappa shape index (κ2) is 8.54. The van der Waals surface area contributed by atoms with E-state index in [4.69, 9.17) is 16.3 Å². The van der Waals surface area contributed by atoms with Gasteiger partial charge >= 0.3 is 0 Å². The maximum atomic E-state index is 13.5. The van der Waals surface area contributed by atoms with Crippen LogP contribution in [0.25, 0.3) is 0 Å².